The molecular formula is C15H12ClN3O3. The van der Waals surface area contributed by atoms with Crippen molar-refractivity contribution in [3.05, 3.63) is 46.9 Å². The number of benzene rings is 1. The highest BCUT2D eigenvalue weighted by Crippen LogP contribution is 2.29. The Morgan fingerprint density at radius 1 is 1.41 bits per heavy atom. The number of nitrogens with zero attached hydrogens (tertiary/aromatic N) is 3. The van der Waals surface area contributed by atoms with E-state index in [1.807, 2.05) is 12.1 Å². The standard InChI is InChI=1S/C15H12ClN3O3/c1-8(14(21)22)19-7-10-3-2-9(6-11(10)13(19)20)12-4-5-17-15(16)18-12/h2-6,8H,7H2,1H3,(H,21,22)/t8-/m1/s1. The van der Waals surface area contributed by atoms with Gasteiger partial charge in [0.1, 0.15) is 6.04 Å². The molecule has 112 valence electrons. The van der Waals surface area contributed by atoms with Crippen molar-refractivity contribution in [3.63, 3.8) is 0 Å². The highest BCUT2D eigenvalue weighted by Gasteiger charge is 2.33. The zero-order valence-electron chi connectivity index (χ0n) is 11.7. The molecule has 1 atom stereocenters. The van der Waals surface area contributed by atoms with E-state index in [1.165, 1.54) is 11.8 Å². The highest BCUT2D eigenvalue weighted by atomic mass is 35.5. The lowest BCUT2D eigenvalue weighted by atomic mass is 10.0. The topological polar surface area (TPSA) is 83.4 Å². The van der Waals surface area contributed by atoms with Gasteiger partial charge in [0.2, 0.25) is 5.28 Å². The molecule has 0 bridgehead atoms. The van der Waals surface area contributed by atoms with Crippen LogP contribution in [0.15, 0.2) is 30.5 Å². The lowest BCUT2D eigenvalue weighted by molar-refractivity contribution is -0.141. The first-order valence-electron chi connectivity index (χ1n) is 6.63. The van der Waals surface area contributed by atoms with Crippen molar-refractivity contribution >= 4 is 23.5 Å². The van der Waals surface area contributed by atoms with Crippen LogP contribution in [0.3, 0.4) is 0 Å². The van der Waals surface area contributed by atoms with Crippen LogP contribution in [-0.2, 0) is 11.3 Å². The minimum Gasteiger partial charge on any atom is -0.480 e. The van der Waals surface area contributed by atoms with Crippen molar-refractivity contribution in [2.75, 3.05) is 0 Å². The van der Waals surface area contributed by atoms with E-state index in [1.54, 1.807) is 18.3 Å². The molecule has 0 saturated carbocycles. The van der Waals surface area contributed by atoms with Gasteiger partial charge in [-0.3, -0.25) is 4.79 Å². The maximum atomic E-state index is 12.4. The third kappa shape index (κ3) is 2.42. The first-order chi connectivity index (χ1) is 10.5. The van der Waals surface area contributed by atoms with E-state index in [0.29, 0.717) is 17.8 Å². The lowest BCUT2D eigenvalue weighted by Crippen LogP contribution is -2.38. The van der Waals surface area contributed by atoms with Crippen molar-refractivity contribution in [1.82, 2.24) is 14.9 Å². The number of hydrogen-bond donors (Lipinski definition) is 1. The third-order valence-electron chi connectivity index (χ3n) is 3.69. The van der Waals surface area contributed by atoms with E-state index in [9.17, 15) is 9.59 Å². The molecule has 0 fully saturated rings. The number of carboxylic acids is 1. The smallest absolute Gasteiger partial charge is 0.326 e. The van der Waals surface area contributed by atoms with Gasteiger partial charge in [0, 0.05) is 23.9 Å². The van der Waals surface area contributed by atoms with Crippen LogP contribution in [0, 0.1) is 0 Å². The summed E-state index contributed by atoms with van der Waals surface area (Å²) >= 11 is 5.78. The normalized spacial score (nSPS) is 14.8. The molecule has 3 rings (SSSR count). The maximum Gasteiger partial charge on any atom is 0.326 e. The SMILES string of the molecule is C[C@H](C(=O)O)N1Cc2ccc(-c3ccnc(Cl)n3)cc2C1=O. The summed E-state index contributed by atoms with van der Waals surface area (Å²) in [6.07, 6.45) is 1.54. The fraction of sp³-hybridized carbons (Fsp3) is 0.200. The fourth-order valence-electron chi connectivity index (χ4n) is 2.42. The molecule has 1 amide bonds. The molecule has 1 N–H and O–H groups in total. The summed E-state index contributed by atoms with van der Waals surface area (Å²) in [6.45, 7) is 1.80. The number of carbonyl (C=O) groups excluding carboxylic acids is 1. The molecule has 7 heteroatoms. The second kappa shape index (κ2) is 5.38. The van der Waals surface area contributed by atoms with Gasteiger partial charge in [-0.15, -0.1) is 0 Å². The van der Waals surface area contributed by atoms with Crippen LogP contribution in [0.4, 0.5) is 0 Å². The number of halogens is 1. The van der Waals surface area contributed by atoms with E-state index in [0.717, 1.165) is 11.1 Å². The molecule has 0 unspecified atom stereocenters. The Hall–Kier alpha value is -2.47. The van der Waals surface area contributed by atoms with Crippen LogP contribution in [0.2, 0.25) is 5.28 Å². The summed E-state index contributed by atoms with van der Waals surface area (Å²) in [4.78, 5) is 32.8. The Morgan fingerprint density at radius 3 is 2.86 bits per heavy atom. The number of amides is 1. The average Bonchev–Trinajstić information content (AvgIpc) is 2.83. The van der Waals surface area contributed by atoms with Crippen molar-refractivity contribution in [2.24, 2.45) is 0 Å². The van der Waals surface area contributed by atoms with Crippen LogP contribution in [0.25, 0.3) is 11.3 Å². The number of carbonyl (C=O) groups is 2. The number of fused-ring (bicyclic) bond motifs is 1. The molecule has 22 heavy (non-hydrogen) atoms. The maximum absolute atomic E-state index is 12.4. The van der Waals surface area contributed by atoms with Crippen molar-refractivity contribution in [2.45, 2.75) is 19.5 Å². The van der Waals surface area contributed by atoms with E-state index in [4.69, 9.17) is 16.7 Å². The summed E-state index contributed by atoms with van der Waals surface area (Å²) in [7, 11) is 0. The predicted molar refractivity (Wildman–Crippen MR) is 79.4 cm³/mol. The summed E-state index contributed by atoms with van der Waals surface area (Å²) in [5, 5.41) is 9.21. The summed E-state index contributed by atoms with van der Waals surface area (Å²) in [6, 6.07) is 6.19. The number of carboxylic acid groups (broad SMARTS) is 1. The summed E-state index contributed by atoms with van der Waals surface area (Å²) in [5.74, 6) is -1.31. The van der Waals surface area contributed by atoms with Crippen molar-refractivity contribution < 1.29 is 14.7 Å². The van der Waals surface area contributed by atoms with Gasteiger partial charge in [-0.05, 0) is 36.2 Å². The Balaban J connectivity index is 1.97. The van der Waals surface area contributed by atoms with E-state index < -0.39 is 12.0 Å². The molecule has 0 saturated heterocycles. The number of aromatic nitrogens is 2. The second-order valence-electron chi connectivity index (χ2n) is 5.03. The molecule has 2 aromatic rings. The Morgan fingerprint density at radius 2 is 2.18 bits per heavy atom. The van der Waals surface area contributed by atoms with Crippen molar-refractivity contribution in [1.29, 1.82) is 0 Å². The zero-order valence-corrected chi connectivity index (χ0v) is 12.4. The highest BCUT2D eigenvalue weighted by molar-refractivity contribution is 6.28. The Labute approximate surface area is 131 Å². The fourth-order valence-corrected chi connectivity index (χ4v) is 2.57. The van der Waals surface area contributed by atoms with Gasteiger partial charge < -0.3 is 10.0 Å². The van der Waals surface area contributed by atoms with Gasteiger partial charge >= 0.3 is 5.97 Å². The van der Waals surface area contributed by atoms with Gasteiger partial charge in [-0.1, -0.05) is 12.1 Å². The molecule has 1 aliphatic rings. The predicted octanol–water partition coefficient (Wildman–Crippen LogP) is 2.23. The molecule has 0 aliphatic carbocycles. The van der Waals surface area contributed by atoms with Gasteiger partial charge in [-0.2, -0.15) is 0 Å². The minimum absolute atomic E-state index is 0.130. The average molecular weight is 318 g/mol. The van der Waals surface area contributed by atoms with Crippen LogP contribution in [-0.4, -0.2) is 37.9 Å². The largest absolute Gasteiger partial charge is 0.480 e. The molecule has 2 heterocycles. The number of aliphatic carboxylic acids is 1. The van der Waals surface area contributed by atoms with Gasteiger partial charge in [0.25, 0.3) is 5.91 Å². The minimum atomic E-state index is -1.02. The lowest BCUT2D eigenvalue weighted by Gasteiger charge is -2.19. The monoisotopic (exact) mass is 317 g/mol. The van der Waals surface area contributed by atoms with Gasteiger partial charge in [0.15, 0.2) is 0 Å². The van der Waals surface area contributed by atoms with Crippen LogP contribution < -0.4 is 0 Å². The van der Waals surface area contributed by atoms with E-state index in [-0.39, 0.29) is 11.2 Å². The molecule has 1 aromatic carbocycles. The second-order valence-corrected chi connectivity index (χ2v) is 5.37. The van der Waals surface area contributed by atoms with Crippen LogP contribution in [0.1, 0.15) is 22.8 Å². The first-order valence-corrected chi connectivity index (χ1v) is 7.01. The van der Waals surface area contributed by atoms with Gasteiger partial charge in [0.05, 0.1) is 5.69 Å². The third-order valence-corrected chi connectivity index (χ3v) is 3.87. The number of rotatable bonds is 3. The summed E-state index contributed by atoms with van der Waals surface area (Å²) in [5.41, 5.74) is 2.66. The number of hydrogen-bond acceptors (Lipinski definition) is 4. The van der Waals surface area contributed by atoms with Gasteiger partial charge in [-0.25, -0.2) is 14.8 Å². The molecule has 0 radical (unpaired) electrons. The Kier molecular flexibility index (Phi) is 3.54. The zero-order chi connectivity index (χ0) is 15.9. The molecule has 0 spiro atoms. The molecule has 1 aromatic heterocycles. The van der Waals surface area contributed by atoms with Crippen LogP contribution >= 0.6 is 11.6 Å². The Bertz CT molecular complexity index is 778. The van der Waals surface area contributed by atoms with E-state index in [2.05, 4.69) is 9.97 Å². The van der Waals surface area contributed by atoms with E-state index >= 15 is 0 Å². The first kappa shape index (κ1) is 14.5. The van der Waals surface area contributed by atoms with Crippen LogP contribution in [0.5, 0.6) is 0 Å². The summed E-state index contributed by atoms with van der Waals surface area (Å²) < 4.78 is 0. The molecule has 6 nitrogen and oxygen atoms in total. The quantitative estimate of drug-likeness (QED) is 0.878. The van der Waals surface area contributed by atoms with Crippen molar-refractivity contribution in [3.8, 4) is 11.3 Å². The molecular weight excluding hydrogens is 306 g/mol. The molecule has 1 aliphatic heterocycles.